The summed E-state index contributed by atoms with van der Waals surface area (Å²) in [4.78, 5) is 0. The van der Waals surface area contributed by atoms with Crippen LogP contribution >= 0.6 is 23.4 Å². The second kappa shape index (κ2) is 7.15. The van der Waals surface area contributed by atoms with Crippen molar-refractivity contribution in [1.29, 1.82) is 0 Å². The third kappa shape index (κ3) is 5.45. The van der Waals surface area contributed by atoms with Crippen LogP contribution in [0.4, 0.5) is 0 Å². The molecule has 15 heavy (non-hydrogen) atoms. The molecule has 0 aliphatic heterocycles. The number of thioether (sulfide) groups is 1. The molecule has 0 bridgehead atoms. The summed E-state index contributed by atoms with van der Waals surface area (Å²) in [7, 11) is 2.00. The van der Waals surface area contributed by atoms with Crippen molar-refractivity contribution in [2.45, 2.75) is 12.7 Å². The monoisotopic (exact) mass is 243 g/mol. The topological polar surface area (TPSA) is 12.0 Å². The highest BCUT2D eigenvalue weighted by molar-refractivity contribution is 7.98. The van der Waals surface area contributed by atoms with E-state index in [0.717, 1.165) is 23.2 Å². The maximum atomic E-state index is 5.82. The average molecular weight is 244 g/mol. The summed E-state index contributed by atoms with van der Waals surface area (Å²) in [6, 6.07) is 8.10. The van der Waals surface area contributed by atoms with Crippen LogP contribution in [0.15, 0.2) is 24.3 Å². The van der Waals surface area contributed by atoms with E-state index in [1.807, 2.05) is 30.9 Å². The molecule has 1 aromatic carbocycles. The SMILES string of the molecule is CNCC(C)CSCc1ccc(Cl)cc1. The van der Waals surface area contributed by atoms with Crippen molar-refractivity contribution in [1.82, 2.24) is 5.32 Å². The van der Waals surface area contributed by atoms with E-state index in [1.54, 1.807) is 0 Å². The first-order valence-electron chi connectivity index (χ1n) is 5.19. The Kier molecular flexibility index (Phi) is 6.15. The molecule has 0 radical (unpaired) electrons. The van der Waals surface area contributed by atoms with Crippen LogP contribution in [0.3, 0.4) is 0 Å². The van der Waals surface area contributed by atoms with Gasteiger partial charge in [0.15, 0.2) is 0 Å². The van der Waals surface area contributed by atoms with Gasteiger partial charge in [0.1, 0.15) is 0 Å². The summed E-state index contributed by atoms with van der Waals surface area (Å²) in [5.74, 6) is 3.00. The number of hydrogen-bond donors (Lipinski definition) is 1. The molecular formula is C12H18ClNS. The minimum absolute atomic E-state index is 0.729. The molecule has 0 aliphatic rings. The fraction of sp³-hybridized carbons (Fsp3) is 0.500. The predicted octanol–water partition coefficient (Wildman–Crippen LogP) is 3.43. The summed E-state index contributed by atoms with van der Waals surface area (Å²) < 4.78 is 0. The fourth-order valence-corrected chi connectivity index (χ4v) is 2.56. The molecule has 0 aromatic heterocycles. The van der Waals surface area contributed by atoms with Crippen molar-refractivity contribution in [3.63, 3.8) is 0 Å². The van der Waals surface area contributed by atoms with E-state index in [2.05, 4.69) is 24.4 Å². The minimum atomic E-state index is 0.729. The van der Waals surface area contributed by atoms with Gasteiger partial charge < -0.3 is 5.32 Å². The van der Waals surface area contributed by atoms with Crippen molar-refractivity contribution in [3.05, 3.63) is 34.9 Å². The van der Waals surface area contributed by atoms with Crippen LogP contribution < -0.4 is 5.32 Å². The number of nitrogens with one attached hydrogen (secondary N) is 1. The Morgan fingerprint density at radius 2 is 2.00 bits per heavy atom. The summed E-state index contributed by atoms with van der Waals surface area (Å²) in [5, 5.41) is 4.01. The zero-order valence-corrected chi connectivity index (χ0v) is 10.9. The lowest BCUT2D eigenvalue weighted by Crippen LogP contribution is -2.17. The number of benzene rings is 1. The van der Waals surface area contributed by atoms with E-state index in [1.165, 1.54) is 11.3 Å². The van der Waals surface area contributed by atoms with Crippen LogP contribution in [-0.2, 0) is 5.75 Å². The number of hydrogen-bond acceptors (Lipinski definition) is 2. The van der Waals surface area contributed by atoms with E-state index in [-0.39, 0.29) is 0 Å². The Labute approximate surface area is 102 Å². The van der Waals surface area contributed by atoms with Crippen LogP contribution in [0.2, 0.25) is 5.02 Å². The highest BCUT2D eigenvalue weighted by Gasteiger charge is 2.00. The Hall–Kier alpha value is -0.180. The van der Waals surface area contributed by atoms with Gasteiger partial charge in [-0.3, -0.25) is 0 Å². The van der Waals surface area contributed by atoms with Crippen LogP contribution in [0.1, 0.15) is 12.5 Å². The van der Waals surface area contributed by atoms with Crippen molar-refractivity contribution < 1.29 is 0 Å². The zero-order valence-electron chi connectivity index (χ0n) is 9.29. The standard InChI is InChI=1S/C12H18ClNS/c1-10(7-14-2)8-15-9-11-3-5-12(13)6-4-11/h3-6,10,14H,7-9H2,1-2H3. The molecule has 1 N–H and O–H groups in total. The molecule has 1 aromatic rings. The summed E-state index contributed by atoms with van der Waals surface area (Å²) in [6.07, 6.45) is 0. The second-order valence-electron chi connectivity index (χ2n) is 3.80. The molecule has 0 saturated carbocycles. The van der Waals surface area contributed by atoms with Crippen molar-refractivity contribution in [3.8, 4) is 0 Å². The van der Waals surface area contributed by atoms with Crippen molar-refractivity contribution in [2.24, 2.45) is 5.92 Å². The maximum absolute atomic E-state index is 5.82. The molecule has 1 unspecified atom stereocenters. The third-order valence-electron chi connectivity index (χ3n) is 2.14. The Morgan fingerprint density at radius 3 is 2.60 bits per heavy atom. The molecule has 1 nitrogen and oxygen atoms in total. The van der Waals surface area contributed by atoms with E-state index >= 15 is 0 Å². The van der Waals surface area contributed by atoms with E-state index in [4.69, 9.17) is 11.6 Å². The first-order chi connectivity index (χ1) is 7.22. The van der Waals surface area contributed by atoms with Gasteiger partial charge in [-0.1, -0.05) is 30.7 Å². The average Bonchev–Trinajstić information content (AvgIpc) is 2.21. The molecular weight excluding hydrogens is 226 g/mol. The predicted molar refractivity (Wildman–Crippen MR) is 70.7 cm³/mol. The van der Waals surface area contributed by atoms with Gasteiger partial charge in [0, 0.05) is 10.8 Å². The summed E-state index contributed by atoms with van der Waals surface area (Å²) in [5.41, 5.74) is 1.35. The molecule has 0 saturated heterocycles. The lowest BCUT2D eigenvalue weighted by atomic mass is 10.2. The first-order valence-corrected chi connectivity index (χ1v) is 6.72. The highest BCUT2D eigenvalue weighted by Crippen LogP contribution is 2.17. The van der Waals surface area contributed by atoms with Gasteiger partial charge in [0.2, 0.25) is 0 Å². The molecule has 0 aliphatic carbocycles. The first kappa shape index (κ1) is 12.9. The summed E-state index contributed by atoms with van der Waals surface area (Å²) in [6.45, 7) is 3.36. The molecule has 0 spiro atoms. The van der Waals surface area contributed by atoms with Gasteiger partial charge in [-0.2, -0.15) is 11.8 Å². The van der Waals surface area contributed by atoms with Crippen molar-refractivity contribution >= 4 is 23.4 Å². The smallest absolute Gasteiger partial charge is 0.0406 e. The lowest BCUT2D eigenvalue weighted by Gasteiger charge is -2.09. The van der Waals surface area contributed by atoms with Gasteiger partial charge in [-0.25, -0.2) is 0 Å². The number of halogens is 1. The molecule has 1 rings (SSSR count). The Balaban J connectivity index is 2.22. The second-order valence-corrected chi connectivity index (χ2v) is 5.27. The van der Waals surface area contributed by atoms with Crippen LogP contribution in [0.5, 0.6) is 0 Å². The van der Waals surface area contributed by atoms with Crippen LogP contribution in [0.25, 0.3) is 0 Å². The zero-order chi connectivity index (χ0) is 11.1. The lowest BCUT2D eigenvalue weighted by molar-refractivity contribution is 0.603. The largest absolute Gasteiger partial charge is 0.319 e. The normalized spacial score (nSPS) is 12.7. The molecule has 1 atom stereocenters. The fourth-order valence-electron chi connectivity index (χ4n) is 1.37. The Morgan fingerprint density at radius 1 is 1.33 bits per heavy atom. The number of rotatable bonds is 6. The minimum Gasteiger partial charge on any atom is -0.319 e. The van der Waals surface area contributed by atoms with Crippen LogP contribution in [0, 0.1) is 5.92 Å². The molecule has 0 heterocycles. The summed E-state index contributed by atoms with van der Waals surface area (Å²) >= 11 is 7.80. The highest BCUT2D eigenvalue weighted by atomic mass is 35.5. The maximum Gasteiger partial charge on any atom is 0.0406 e. The van der Waals surface area contributed by atoms with E-state index < -0.39 is 0 Å². The van der Waals surface area contributed by atoms with Crippen LogP contribution in [-0.4, -0.2) is 19.3 Å². The van der Waals surface area contributed by atoms with E-state index in [0.29, 0.717) is 0 Å². The third-order valence-corrected chi connectivity index (χ3v) is 3.73. The van der Waals surface area contributed by atoms with Crippen molar-refractivity contribution in [2.75, 3.05) is 19.3 Å². The molecule has 0 amide bonds. The quantitative estimate of drug-likeness (QED) is 0.822. The molecule has 3 heteroatoms. The van der Waals surface area contributed by atoms with Gasteiger partial charge in [-0.15, -0.1) is 0 Å². The Bertz CT molecular complexity index is 273. The molecule has 84 valence electrons. The van der Waals surface area contributed by atoms with Gasteiger partial charge in [0.05, 0.1) is 0 Å². The molecule has 0 fully saturated rings. The van der Waals surface area contributed by atoms with Gasteiger partial charge >= 0.3 is 0 Å². The van der Waals surface area contributed by atoms with E-state index in [9.17, 15) is 0 Å². The van der Waals surface area contributed by atoms with Gasteiger partial charge in [0.25, 0.3) is 0 Å². The van der Waals surface area contributed by atoms with Gasteiger partial charge in [-0.05, 0) is 43.0 Å².